The molecule has 0 radical (unpaired) electrons. The molecule has 1 saturated heterocycles. The van der Waals surface area contributed by atoms with Crippen molar-refractivity contribution < 1.29 is 22.4 Å². The van der Waals surface area contributed by atoms with Crippen molar-refractivity contribution >= 4 is 33.4 Å². The third-order valence-corrected chi connectivity index (χ3v) is 6.10. The summed E-state index contributed by atoms with van der Waals surface area (Å²) in [5, 5.41) is 1.21. The first-order valence-electron chi connectivity index (χ1n) is 9.62. The lowest BCUT2D eigenvalue weighted by atomic mass is 10.1. The second-order valence-corrected chi connectivity index (χ2v) is 9.17. The van der Waals surface area contributed by atoms with Crippen molar-refractivity contribution in [3.05, 3.63) is 77.6 Å². The number of hydrogen-bond donors (Lipinski definition) is 1. The van der Waals surface area contributed by atoms with Gasteiger partial charge in [-0.3, -0.25) is 15.0 Å². The summed E-state index contributed by atoms with van der Waals surface area (Å²) in [4.78, 5) is 25.3. The number of benzene rings is 2. The fourth-order valence-corrected chi connectivity index (χ4v) is 3.84. The number of nitrogens with one attached hydrogen (secondary N) is 1. The Hall–Kier alpha value is -3.65. The number of furan rings is 1. The van der Waals surface area contributed by atoms with Crippen LogP contribution in [0.15, 0.2) is 75.5 Å². The van der Waals surface area contributed by atoms with Crippen LogP contribution in [0.4, 0.5) is 5.69 Å². The highest BCUT2D eigenvalue weighted by atomic mass is 32.2. The summed E-state index contributed by atoms with van der Waals surface area (Å²) in [5.41, 5.74) is 4.91. The molecule has 1 aliphatic rings. The maximum absolute atomic E-state index is 12.8. The van der Waals surface area contributed by atoms with E-state index in [1.165, 1.54) is 23.2 Å². The standard InChI is InChI=1S/C23H20N2O5S/c1-3-15-4-8-17(9-5-15)25-23(27)20(22(26)24-25)14-18-10-13-21(30-18)16-6-11-19(12-7-16)31(2,28)29/h4-14H,3H2,1-2H3,(H,24,26)/b20-14-. The summed E-state index contributed by atoms with van der Waals surface area (Å²) in [6.45, 7) is 2.04. The molecule has 1 aromatic heterocycles. The quantitative estimate of drug-likeness (QED) is 0.489. The summed E-state index contributed by atoms with van der Waals surface area (Å²) in [6, 6.07) is 17.0. The molecule has 2 heterocycles. The Kier molecular flexibility index (Phi) is 5.24. The van der Waals surface area contributed by atoms with E-state index < -0.39 is 21.7 Å². The van der Waals surface area contributed by atoms with Crippen molar-refractivity contribution in [2.24, 2.45) is 0 Å². The first-order valence-corrected chi connectivity index (χ1v) is 11.5. The number of rotatable bonds is 5. The number of amides is 2. The van der Waals surface area contributed by atoms with Crippen molar-refractivity contribution in [3.8, 4) is 11.3 Å². The van der Waals surface area contributed by atoms with Crippen LogP contribution < -0.4 is 10.4 Å². The first kappa shape index (κ1) is 20.6. The molecule has 1 N–H and O–H groups in total. The van der Waals surface area contributed by atoms with Crippen LogP contribution in [0, 0.1) is 0 Å². The summed E-state index contributed by atoms with van der Waals surface area (Å²) >= 11 is 0. The number of nitrogens with zero attached hydrogens (tertiary/aromatic N) is 1. The van der Waals surface area contributed by atoms with Gasteiger partial charge in [0.1, 0.15) is 17.1 Å². The predicted octanol–water partition coefficient (Wildman–Crippen LogP) is 3.37. The maximum Gasteiger partial charge on any atom is 0.282 e. The van der Waals surface area contributed by atoms with Gasteiger partial charge < -0.3 is 4.42 Å². The smallest absolute Gasteiger partial charge is 0.282 e. The van der Waals surface area contributed by atoms with E-state index in [2.05, 4.69) is 5.43 Å². The van der Waals surface area contributed by atoms with Crippen LogP contribution in [0.5, 0.6) is 0 Å². The highest BCUT2D eigenvalue weighted by Gasteiger charge is 2.34. The van der Waals surface area contributed by atoms with Gasteiger partial charge in [-0.05, 0) is 66.6 Å². The zero-order valence-electron chi connectivity index (χ0n) is 17.0. The van der Waals surface area contributed by atoms with Gasteiger partial charge in [-0.2, -0.15) is 0 Å². The fraction of sp³-hybridized carbons (Fsp3) is 0.130. The topological polar surface area (TPSA) is 96.7 Å². The number of carbonyl (C=O) groups is 2. The molecule has 0 saturated carbocycles. The molecule has 7 nitrogen and oxygen atoms in total. The lowest BCUT2D eigenvalue weighted by Crippen LogP contribution is -2.35. The third-order valence-electron chi connectivity index (χ3n) is 4.97. The minimum absolute atomic E-state index is 0.0344. The molecular weight excluding hydrogens is 416 g/mol. The van der Waals surface area contributed by atoms with Crippen LogP contribution in [-0.4, -0.2) is 26.5 Å². The molecule has 0 bridgehead atoms. The van der Waals surface area contributed by atoms with Gasteiger partial charge in [-0.15, -0.1) is 0 Å². The van der Waals surface area contributed by atoms with Gasteiger partial charge in [0.05, 0.1) is 10.6 Å². The van der Waals surface area contributed by atoms with Crippen LogP contribution in [0.2, 0.25) is 0 Å². The van der Waals surface area contributed by atoms with E-state index in [4.69, 9.17) is 4.42 Å². The highest BCUT2D eigenvalue weighted by Crippen LogP contribution is 2.27. The van der Waals surface area contributed by atoms with Crippen LogP contribution in [-0.2, 0) is 25.8 Å². The molecule has 0 atom stereocenters. The van der Waals surface area contributed by atoms with E-state index >= 15 is 0 Å². The predicted molar refractivity (Wildman–Crippen MR) is 117 cm³/mol. The molecule has 2 amide bonds. The fourth-order valence-electron chi connectivity index (χ4n) is 3.21. The number of hydrazine groups is 1. The van der Waals surface area contributed by atoms with E-state index in [0.717, 1.165) is 18.2 Å². The van der Waals surface area contributed by atoms with E-state index in [1.54, 1.807) is 36.4 Å². The van der Waals surface area contributed by atoms with Crippen LogP contribution in [0.3, 0.4) is 0 Å². The van der Waals surface area contributed by atoms with Gasteiger partial charge in [0.2, 0.25) is 0 Å². The zero-order valence-corrected chi connectivity index (χ0v) is 17.8. The van der Waals surface area contributed by atoms with Crippen molar-refractivity contribution in [2.75, 3.05) is 11.3 Å². The van der Waals surface area contributed by atoms with Gasteiger partial charge >= 0.3 is 0 Å². The monoisotopic (exact) mass is 436 g/mol. The largest absolute Gasteiger partial charge is 0.457 e. The van der Waals surface area contributed by atoms with Gasteiger partial charge in [0, 0.05) is 11.8 Å². The Balaban J connectivity index is 1.57. The Morgan fingerprint density at radius 3 is 2.26 bits per heavy atom. The zero-order chi connectivity index (χ0) is 22.2. The lowest BCUT2D eigenvalue weighted by Gasteiger charge is -2.14. The molecule has 0 aliphatic carbocycles. The van der Waals surface area contributed by atoms with Crippen LogP contribution in [0.25, 0.3) is 17.4 Å². The van der Waals surface area contributed by atoms with Crippen molar-refractivity contribution in [2.45, 2.75) is 18.2 Å². The average Bonchev–Trinajstić information content (AvgIpc) is 3.34. The molecular formula is C23H20N2O5S. The summed E-state index contributed by atoms with van der Waals surface area (Å²) in [7, 11) is -3.28. The number of aryl methyl sites for hydroxylation is 1. The molecule has 8 heteroatoms. The summed E-state index contributed by atoms with van der Waals surface area (Å²) in [6.07, 6.45) is 3.42. The van der Waals surface area contributed by atoms with Crippen LogP contribution in [0.1, 0.15) is 18.2 Å². The Morgan fingerprint density at radius 1 is 0.968 bits per heavy atom. The van der Waals surface area contributed by atoms with Crippen molar-refractivity contribution in [1.82, 2.24) is 5.43 Å². The second-order valence-electron chi connectivity index (χ2n) is 7.16. The van der Waals surface area contributed by atoms with Gasteiger partial charge in [0.15, 0.2) is 9.84 Å². The first-order chi connectivity index (χ1) is 14.8. The molecule has 4 rings (SSSR count). The van der Waals surface area contributed by atoms with Crippen molar-refractivity contribution in [1.29, 1.82) is 0 Å². The Labute approximate surface area is 179 Å². The van der Waals surface area contributed by atoms with Crippen LogP contribution >= 0.6 is 0 Å². The normalized spacial score (nSPS) is 15.5. The number of hydrogen-bond acceptors (Lipinski definition) is 5. The lowest BCUT2D eigenvalue weighted by molar-refractivity contribution is -0.117. The van der Waals surface area contributed by atoms with E-state index in [9.17, 15) is 18.0 Å². The molecule has 3 aromatic rings. The molecule has 158 valence electrons. The Bertz CT molecular complexity index is 1290. The molecule has 1 fully saturated rings. The Morgan fingerprint density at radius 2 is 1.65 bits per heavy atom. The molecule has 1 aliphatic heterocycles. The molecule has 0 spiro atoms. The number of carbonyl (C=O) groups excluding carboxylic acids is 2. The maximum atomic E-state index is 12.8. The van der Waals surface area contributed by atoms with E-state index in [1.807, 2.05) is 19.1 Å². The number of sulfone groups is 1. The van der Waals surface area contributed by atoms with Gasteiger partial charge in [0.25, 0.3) is 11.8 Å². The highest BCUT2D eigenvalue weighted by molar-refractivity contribution is 7.90. The van der Waals surface area contributed by atoms with Crippen molar-refractivity contribution in [3.63, 3.8) is 0 Å². The molecule has 0 unspecified atom stereocenters. The summed E-state index contributed by atoms with van der Waals surface area (Å²) < 4.78 is 28.9. The van der Waals surface area contributed by atoms with Gasteiger partial charge in [-0.1, -0.05) is 19.1 Å². The minimum Gasteiger partial charge on any atom is -0.457 e. The second kappa shape index (κ2) is 7.88. The SMILES string of the molecule is CCc1ccc(N2NC(=O)/C(=C/c3ccc(-c4ccc(S(C)(=O)=O)cc4)o3)C2=O)cc1. The molecule has 31 heavy (non-hydrogen) atoms. The third kappa shape index (κ3) is 4.15. The van der Waals surface area contributed by atoms with Gasteiger partial charge in [-0.25, -0.2) is 13.4 Å². The molecule has 2 aromatic carbocycles. The number of anilines is 1. The van der Waals surface area contributed by atoms with E-state index in [-0.39, 0.29) is 10.5 Å². The average molecular weight is 436 g/mol. The summed E-state index contributed by atoms with van der Waals surface area (Å²) in [5.74, 6) is -0.154. The minimum atomic E-state index is -3.28. The van der Waals surface area contributed by atoms with E-state index in [0.29, 0.717) is 22.8 Å².